The second-order valence-electron chi connectivity index (χ2n) is 7.59. The third kappa shape index (κ3) is 6.17. The van der Waals surface area contributed by atoms with Crippen LogP contribution in [0.15, 0.2) is 54.7 Å². The van der Waals surface area contributed by atoms with Gasteiger partial charge in [0.15, 0.2) is 0 Å². The molecule has 0 radical (unpaired) electrons. The SMILES string of the molecule is CCCCN(CCc1c[nH]c2ccccc12)Cc1ccc(CCC(=O)NO)cc1. The van der Waals surface area contributed by atoms with Gasteiger partial charge in [-0.3, -0.25) is 14.9 Å². The first-order chi connectivity index (χ1) is 14.2. The van der Waals surface area contributed by atoms with Gasteiger partial charge in [-0.15, -0.1) is 0 Å². The number of aryl methyl sites for hydroxylation is 1. The molecule has 3 aromatic rings. The summed E-state index contributed by atoms with van der Waals surface area (Å²) < 4.78 is 0. The van der Waals surface area contributed by atoms with Crippen molar-refractivity contribution in [1.29, 1.82) is 0 Å². The first-order valence-electron chi connectivity index (χ1n) is 10.5. The third-order valence-electron chi connectivity index (χ3n) is 5.39. The number of para-hydroxylation sites is 1. The van der Waals surface area contributed by atoms with Gasteiger partial charge in [0.25, 0.3) is 0 Å². The lowest BCUT2D eigenvalue weighted by Crippen LogP contribution is -2.26. The summed E-state index contributed by atoms with van der Waals surface area (Å²) in [5.74, 6) is -0.350. The van der Waals surface area contributed by atoms with Gasteiger partial charge in [0.05, 0.1) is 0 Å². The number of hydroxylamine groups is 1. The van der Waals surface area contributed by atoms with Crippen molar-refractivity contribution >= 4 is 16.8 Å². The molecule has 0 bridgehead atoms. The quantitative estimate of drug-likeness (QED) is 0.333. The van der Waals surface area contributed by atoms with E-state index in [9.17, 15) is 4.79 Å². The Balaban J connectivity index is 1.59. The number of carbonyl (C=O) groups is 1. The average molecular weight is 394 g/mol. The van der Waals surface area contributed by atoms with Gasteiger partial charge in [0, 0.05) is 36.6 Å². The van der Waals surface area contributed by atoms with Crippen LogP contribution in [0.3, 0.4) is 0 Å². The van der Waals surface area contributed by atoms with Gasteiger partial charge in [-0.1, -0.05) is 55.8 Å². The van der Waals surface area contributed by atoms with E-state index in [1.165, 1.54) is 34.9 Å². The predicted molar refractivity (Wildman–Crippen MR) is 117 cm³/mol. The Bertz CT molecular complexity index is 902. The van der Waals surface area contributed by atoms with Crippen molar-refractivity contribution in [2.45, 2.75) is 45.6 Å². The lowest BCUT2D eigenvalue weighted by Gasteiger charge is -2.22. The molecule has 5 heteroatoms. The first-order valence-corrected chi connectivity index (χ1v) is 10.5. The van der Waals surface area contributed by atoms with Gasteiger partial charge in [-0.2, -0.15) is 0 Å². The highest BCUT2D eigenvalue weighted by Gasteiger charge is 2.09. The van der Waals surface area contributed by atoms with Crippen molar-refractivity contribution in [2.24, 2.45) is 0 Å². The largest absolute Gasteiger partial charge is 0.361 e. The zero-order valence-corrected chi connectivity index (χ0v) is 17.2. The van der Waals surface area contributed by atoms with Gasteiger partial charge in [-0.25, -0.2) is 5.48 Å². The Kier molecular flexibility index (Phi) is 7.85. The van der Waals surface area contributed by atoms with E-state index in [0.29, 0.717) is 12.8 Å². The molecule has 0 saturated heterocycles. The molecule has 0 fully saturated rings. The molecule has 0 aliphatic rings. The summed E-state index contributed by atoms with van der Waals surface area (Å²) in [6.45, 7) is 5.28. The van der Waals surface area contributed by atoms with E-state index in [1.807, 2.05) is 0 Å². The molecule has 1 aromatic heterocycles. The normalized spacial score (nSPS) is 11.3. The summed E-state index contributed by atoms with van der Waals surface area (Å²) in [5.41, 5.74) is 6.65. The van der Waals surface area contributed by atoms with E-state index >= 15 is 0 Å². The van der Waals surface area contributed by atoms with Crippen molar-refractivity contribution < 1.29 is 10.0 Å². The number of aromatic amines is 1. The van der Waals surface area contributed by atoms with Gasteiger partial charge in [-0.05, 0) is 48.6 Å². The van der Waals surface area contributed by atoms with E-state index in [1.54, 1.807) is 5.48 Å². The first kappa shape index (κ1) is 21.1. The second-order valence-corrected chi connectivity index (χ2v) is 7.59. The van der Waals surface area contributed by atoms with Crippen LogP contribution in [0.25, 0.3) is 10.9 Å². The zero-order chi connectivity index (χ0) is 20.5. The summed E-state index contributed by atoms with van der Waals surface area (Å²) in [6, 6.07) is 16.9. The van der Waals surface area contributed by atoms with E-state index in [-0.39, 0.29) is 5.91 Å². The smallest absolute Gasteiger partial charge is 0.243 e. The molecule has 1 amide bonds. The molecule has 1 heterocycles. The Morgan fingerprint density at radius 2 is 1.79 bits per heavy atom. The van der Waals surface area contributed by atoms with Crippen LogP contribution < -0.4 is 5.48 Å². The number of amides is 1. The Morgan fingerprint density at radius 1 is 1.03 bits per heavy atom. The summed E-state index contributed by atoms with van der Waals surface area (Å²) in [6.07, 6.45) is 6.48. The second kappa shape index (κ2) is 10.8. The zero-order valence-electron chi connectivity index (χ0n) is 17.2. The summed E-state index contributed by atoms with van der Waals surface area (Å²) >= 11 is 0. The van der Waals surface area contributed by atoms with E-state index in [4.69, 9.17) is 5.21 Å². The standard InChI is InChI=1S/C24H31N3O2/c1-2-3-15-27(16-14-21-17-25-23-7-5-4-6-22(21)23)18-20-10-8-19(9-11-20)12-13-24(28)26-29/h4-11,17,25,29H,2-3,12-16,18H2,1H3,(H,26,28). The molecule has 3 N–H and O–H groups in total. The topological polar surface area (TPSA) is 68.4 Å². The van der Waals surface area contributed by atoms with Crippen LogP contribution in [0.1, 0.15) is 42.9 Å². The van der Waals surface area contributed by atoms with Crippen LogP contribution in [0.4, 0.5) is 0 Å². The van der Waals surface area contributed by atoms with Gasteiger partial charge < -0.3 is 4.98 Å². The van der Waals surface area contributed by atoms with Crippen LogP contribution in [0.2, 0.25) is 0 Å². The van der Waals surface area contributed by atoms with Crippen LogP contribution >= 0.6 is 0 Å². The monoisotopic (exact) mass is 393 g/mol. The van der Waals surface area contributed by atoms with Crippen LogP contribution in [-0.2, 0) is 24.2 Å². The molecule has 5 nitrogen and oxygen atoms in total. The molecule has 29 heavy (non-hydrogen) atoms. The number of nitrogens with zero attached hydrogens (tertiary/aromatic N) is 1. The number of carbonyl (C=O) groups excluding carboxylic acids is 1. The summed E-state index contributed by atoms with van der Waals surface area (Å²) in [4.78, 5) is 17.1. The fourth-order valence-electron chi connectivity index (χ4n) is 3.65. The number of hydrogen-bond acceptors (Lipinski definition) is 3. The van der Waals surface area contributed by atoms with Crippen LogP contribution in [-0.4, -0.2) is 34.1 Å². The van der Waals surface area contributed by atoms with Crippen molar-refractivity contribution in [2.75, 3.05) is 13.1 Å². The minimum atomic E-state index is -0.350. The van der Waals surface area contributed by atoms with Gasteiger partial charge >= 0.3 is 0 Å². The highest BCUT2D eigenvalue weighted by atomic mass is 16.5. The molecule has 0 unspecified atom stereocenters. The number of unbranched alkanes of at least 4 members (excludes halogenated alkanes) is 1. The van der Waals surface area contributed by atoms with E-state index < -0.39 is 0 Å². The van der Waals surface area contributed by atoms with Crippen LogP contribution in [0, 0.1) is 0 Å². The number of benzene rings is 2. The predicted octanol–water partition coefficient (Wildman–Crippen LogP) is 4.45. The molecule has 0 saturated carbocycles. The molecule has 0 aliphatic heterocycles. The number of aromatic nitrogens is 1. The van der Waals surface area contributed by atoms with Crippen molar-refractivity contribution in [1.82, 2.24) is 15.4 Å². The van der Waals surface area contributed by atoms with Crippen molar-refractivity contribution in [3.05, 3.63) is 71.4 Å². The van der Waals surface area contributed by atoms with Gasteiger partial charge in [0.2, 0.25) is 5.91 Å². The van der Waals surface area contributed by atoms with Crippen LogP contribution in [0.5, 0.6) is 0 Å². The molecular weight excluding hydrogens is 362 g/mol. The van der Waals surface area contributed by atoms with E-state index in [0.717, 1.165) is 31.6 Å². The number of rotatable bonds is 11. The molecular formula is C24H31N3O2. The molecule has 0 aliphatic carbocycles. The molecule has 0 spiro atoms. The molecule has 3 rings (SSSR count). The molecule has 2 aromatic carbocycles. The number of hydrogen-bond donors (Lipinski definition) is 3. The Morgan fingerprint density at radius 3 is 2.55 bits per heavy atom. The maximum absolute atomic E-state index is 11.2. The lowest BCUT2D eigenvalue weighted by molar-refractivity contribution is -0.129. The number of H-pyrrole nitrogens is 1. The molecule has 154 valence electrons. The fraction of sp³-hybridized carbons (Fsp3) is 0.375. The average Bonchev–Trinajstić information content (AvgIpc) is 3.18. The number of fused-ring (bicyclic) bond motifs is 1. The summed E-state index contributed by atoms with van der Waals surface area (Å²) in [5, 5.41) is 9.92. The third-order valence-corrected chi connectivity index (χ3v) is 5.39. The minimum absolute atomic E-state index is 0.295. The Labute approximate surface area is 172 Å². The number of nitrogens with one attached hydrogen (secondary N) is 2. The minimum Gasteiger partial charge on any atom is -0.361 e. The van der Waals surface area contributed by atoms with Crippen molar-refractivity contribution in [3.63, 3.8) is 0 Å². The highest BCUT2D eigenvalue weighted by molar-refractivity contribution is 5.83. The van der Waals surface area contributed by atoms with Gasteiger partial charge in [0.1, 0.15) is 0 Å². The van der Waals surface area contributed by atoms with Crippen molar-refractivity contribution in [3.8, 4) is 0 Å². The maximum Gasteiger partial charge on any atom is 0.243 e. The van der Waals surface area contributed by atoms with E-state index in [2.05, 4.69) is 71.5 Å². The highest BCUT2D eigenvalue weighted by Crippen LogP contribution is 2.19. The lowest BCUT2D eigenvalue weighted by atomic mass is 10.1. The fourth-order valence-corrected chi connectivity index (χ4v) is 3.65. The molecule has 0 atom stereocenters. The maximum atomic E-state index is 11.2. The Hall–Kier alpha value is -2.63. The summed E-state index contributed by atoms with van der Waals surface area (Å²) in [7, 11) is 0.